The van der Waals surface area contributed by atoms with Gasteiger partial charge in [0.1, 0.15) is 5.57 Å². The summed E-state index contributed by atoms with van der Waals surface area (Å²) in [5.41, 5.74) is 0.918. The second kappa shape index (κ2) is 10.1. The topological polar surface area (TPSA) is 122 Å². The molecule has 1 aliphatic carbocycles. The van der Waals surface area contributed by atoms with E-state index in [4.69, 9.17) is 14.6 Å². The molecule has 3 rings (SSSR count). The molecule has 2 N–H and O–H groups in total. The molecule has 1 saturated carbocycles. The van der Waals surface area contributed by atoms with Crippen molar-refractivity contribution in [1.82, 2.24) is 10.2 Å². The number of nitrogens with zero attached hydrogens (tertiary/aromatic N) is 1. The van der Waals surface area contributed by atoms with Crippen molar-refractivity contribution < 1.29 is 33.8 Å². The molecule has 2 fully saturated rings. The first-order valence-electron chi connectivity index (χ1n) is 10.5. The van der Waals surface area contributed by atoms with Crippen molar-refractivity contribution >= 4 is 29.9 Å². The highest BCUT2D eigenvalue weighted by atomic mass is 16.5. The van der Waals surface area contributed by atoms with E-state index >= 15 is 0 Å². The van der Waals surface area contributed by atoms with Crippen LogP contribution in [0.5, 0.6) is 11.5 Å². The maximum atomic E-state index is 13.0. The van der Waals surface area contributed by atoms with E-state index < -0.39 is 30.4 Å². The molecule has 0 unspecified atom stereocenters. The van der Waals surface area contributed by atoms with Gasteiger partial charge in [-0.25, -0.2) is 9.59 Å². The van der Waals surface area contributed by atoms with Crippen molar-refractivity contribution in [2.24, 2.45) is 0 Å². The number of imide groups is 2. The molecule has 32 heavy (non-hydrogen) atoms. The van der Waals surface area contributed by atoms with Crippen LogP contribution in [0.4, 0.5) is 4.79 Å². The van der Waals surface area contributed by atoms with Crippen LogP contribution in [0.25, 0.3) is 6.08 Å². The number of carbonyl (C=O) groups excluding carboxylic acids is 3. The quantitative estimate of drug-likeness (QED) is 0.342. The van der Waals surface area contributed by atoms with Crippen molar-refractivity contribution in [1.29, 1.82) is 0 Å². The molecule has 0 bridgehead atoms. The van der Waals surface area contributed by atoms with Gasteiger partial charge in [0, 0.05) is 11.6 Å². The summed E-state index contributed by atoms with van der Waals surface area (Å²) < 4.78 is 11.1. The number of carboxylic acids is 1. The van der Waals surface area contributed by atoms with E-state index in [1.54, 1.807) is 25.1 Å². The Hall–Kier alpha value is -3.62. The van der Waals surface area contributed by atoms with Crippen LogP contribution < -0.4 is 14.8 Å². The zero-order valence-corrected chi connectivity index (χ0v) is 17.9. The van der Waals surface area contributed by atoms with Crippen molar-refractivity contribution in [3.8, 4) is 11.5 Å². The zero-order chi connectivity index (χ0) is 23.3. The maximum absolute atomic E-state index is 13.0. The van der Waals surface area contributed by atoms with Gasteiger partial charge in [-0.15, -0.1) is 6.58 Å². The number of amides is 4. The van der Waals surface area contributed by atoms with Gasteiger partial charge in [-0.1, -0.05) is 18.9 Å². The Bertz CT molecular complexity index is 977. The van der Waals surface area contributed by atoms with Crippen LogP contribution in [0.15, 0.2) is 30.4 Å². The Morgan fingerprint density at radius 2 is 1.97 bits per heavy atom. The van der Waals surface area contributed by atoms with E-state index in [0.717, 1.165) is 17.7 Å². The molecule has 4 amide bonds. The zero-order valence-electron chi connectivity index (χ0n) is 17.9. The molecule has 1 heterocycles. The van der Waals surface area contributed by atoms with Crippen LogP contribution in [0.3, 0.4) is 0 Å². The van der Waals surface area contributed by atoms with Gasteiger partial charge in [-0.3, -0.25) is 19.8 Å². The number of nitrogens with one attached hydrogen (secondary N) is 1. The number of benzene rings is 1. The molecule has 1 aromatic rings. The fraction of sp³-hybridized carbons (Fsp3) is 0.391. The summed E-state index contributed by atoms with van der Waals surface area (Å²) in [5, 5.41) is 11.2. The molecule has 9 heteroatoms. The predicted octanol–water partition coefficient (Wildman–Crippen LogP) is 2.68. The smallest absolute Gasteiger partial charge is 0.341 e. The first kappa shape index (κ1) is 23.1. The monoisotopic (exact) mass is 442 g/mol. The lowest BCUT2D eigenvalue weighted by Gasteiger charge is -2.31. The number of allylic oxidation sites excluding steroid dienone is 1. The molecule has 0 aromatic heterocycles. The number of urea groups is 1. The highest BCUT2D eigenvalue weighted by molar-refractivity contribution is 6.31. The summed E-state index contributed by atoms with van der Waals surface area (Å²) in [6.45, 7) is 5.22. The average molecular weight is 442 g/mol. The normalized spacial score (nSPS) is 18.1. The third-order valence-electron chi connectivity index (χ3n) is 5.29. The fourth-order valence-corrected chi connectivity index (χ4v) is 3.97. The average Bonchev–Trinajstić information content (AvgIpc) is 3.25. The molecule has 0 radical (unpaired) electrons. The Morgan fingerprint density at radius 3 is 2.59 bits per heavy atom. The van der Waals surface area contributed by atoms with Crippen LogP contribution in [-0.4, -0.2) is 53.1 Å². The van der Waals surface area contributed by atoms with E-state index in [-0.39, 0.29) is 23.1 Å². The molecule has 0 spiro atoms. The number of rotatable bonds is 9. The SMILES string of the molecule is C=CCc1cc(/C=C2\C(=O)NC(=O)N(C3CCCC3)C2=O)cc(OCC)c1OCC(=O)O. The summed E-state index contributed by atoms with van der Waals surface area (Å²) >= 11 is 0. The Labute approximate surface area is 185 Å². The molecule has 1 aliphatic heterocycles. The summed E-state index contributed by atoms with van der Waals surface area (Å²) in [6.07, 6.45) is 6.66. The summed E-state index contributed by atoms with van der Waals surface area (Å²) in [7, 11) is 0. The number of carboxylic acid groups (broad SMARTS) is 1. The fourth-order valence-electron chi connectivity index (χ4n) is 3.97. The lowest BCUT2D eigenvalue weighted by molar-refractivity contribution is -0.139. The van der Waals surface area contributed by atoms with E-state index in [9.17, 15) is 19.2 Å². The minimum atomic E-state index is -1.13. The summed E-state index contributed by atoms with van der Waals surface area (Å²) in [4.78, 5) is 49.9. The Kier molecular flexibility index (Phi) is 7.29. The Balaban J connectivity index is 2.02. The molecular formula is C23H26N2O7. The number of hydrogen-bond acceptors (Lipinski definition) is 6. The summed E-state index contributed by atoms with van der Waals surface area (Å²) in [6, 6.07) is 2.33. The maximum Gasteiger partial charge on any atom is 0.341 e. The van der Waals surface area contributed by atoms with Crippen LogP contribution >= 0.6 is 0 Å². The Morgan fingerprint density at radius 1 is 1.25 bits per heavy atom. The highest BCUT2D eigenvalue weighted by Crippen LogP contribution is 2.35. The van der Waals surface area contributed by atoms with E-state index in [2.05, 4.69) is 11.9 Å². The second-order valence-corrected chi connectivity index (χ2v) is 7.55. The van der Waals surface area contributed by atoms with Gasteiger partial charge in [0.05, 0.1) is 6.61 Å². The first-order valence-corrected chi connectivity index (χ1v) is 10.5. The van der Waals surface area contributed by atoms with E-state index in [1.165, 1.54) is 6.08 Å². The van der Waals surface area contributed by atoms with Gasteiger partial charge < -0.3 is 14.6 Å². The van der Waals surface area contributed by atoms with Crippen molar-refractivity contribution in [3.63, 3.8) is 0 Å². The lowest BCUT2D eigenvalue weighted by Crippen LogP contribution is -2.57. The lowest BCUT2D eigenvalue weighted by atomic mass is 10.0. The number of barbiturate groups is 1. The van der Waals surface area contributed by atoms with Gasteiger partial charge in [-0.2, -0.15) is 0 Å². The number of ether oxygens (including phenoxy) is 2. The van der Waals surface area contributed by atoms with E-state index in [0.29, 0.717) is 37.0 Å². The van der Waals surface area contributed by atoms with Crippen molar-refractivity contribution in [3.05, 3.63) is 41.5 Å². The minimum Gasteiger partial charge on any atom is -0.490 e. The molecule has 9 nitrogen and oxygen atoms in total. The molecule has 0 atom stereocenters. The molecule has 2 aliphatic rings. The van der Waals surface area contributed by atoms with Crippen molar-refractivity contribution in [2.75, 3.05) is 13.2 Å². The van der Waals surface area contributed by atoms with Crippen LogP contribution in [0.1, 0.15) is 43.7 Å². The van der Waals surface area contributed by atoms with Gasteiger partial charge in [-0.05, 0) is 50.0 Å². The third-order valence-corrected chi connectivity index (χ3v) is 5.29. The second-order valence-electron chi connectivity index (χ2n) is 7.55. The van der Waals surface area contributed by atoms with Gasteiger partial charge >= 0.3 is 12.0 Å². The molecular weight excluding hydrogens is 416 g/mol. The highest BCUT2D eigenvalue weighted by Gasteiger charge is 2.40. The first-order chi connectivity index (χ1) is 15.3. The minimum absolute atomic E-state index is 0.150. The van der Waals surface area contributed by atoms with E-state index in [1.807, 2.05) is 0 Å². The van der Waals surface area contributed by atoms with Gasteiger partial charge in [0.25, 0.3) is 11.8 Å². The number of aliphatic carboxylic acids is 1. The molecule has 1 aromatic carbocycles. The third kappa shape index (κ3) is 4.99. The molecule has 170 valence electrons. The van der Waals surface area contributed by atoms with Crippen molar-refractivity contribution in [2.45, 2.75) is 45.1 Å². The standard InChI is InChI=1S/C23H26N2O7/c1-3-7-15-10-14(12-18(31-4-2)20(15)32-13-19(26)27)11-17-21(28)24-23(30)25(22(17)29)16-8-5-6-9-16/h3,10-12,16H,1,4-9,13H2,2H3,(H,26,27)(H,24,28,30)/b17-11+. The largest absolute Gasteiger partial charge is 0.490 e. The number of carbonyl (C=O) groups is 4. The number of hydrogen-bond donors (Lipinski definition) is 2. The van der Waals surface area contributed by atoms with Crippen LogP contribution in [0.2, 0.25) is 0 Å². The van der Waals surface area contributed by atoms with Gasteiger partial charge in [0.15, 0.2) is 18.1 Å². The summed E-state index contributed by atoms with van der Waals surface area (Å²) in [5.74, 6) is -1.97. The van der Waals surface area contributed by atoms with Crippen LogP contribution in [0, 0.1) is 0 Å². The molecule has 1 saturated heterocycles. The predicted molar refractivity (Wildman–Crippen MR) is 115 cm³/mol. The van der Waals surface area contributed by atoms with Crippen LogP contribution in [-0.2, 0) is 20.8 Å². The van der Waals surface area contributed by atoms with Gasteiger partial charge in [0.2, 0.25) is 0 Å².